The minimum atomic E-state index is 0.0247. The Morgan fingerprint density at radius 2 is 1.82 bits per heavy atom. The highest BCUT2D eigenvalue weighted by Gasteiger charge is 2.30. The lowest BCUT2D eigenvalue weighted by atomic mass is 10.2. The van der Waals surface area contributed by atoms with Crippen molar-refractivity contribution in [2.24, 2.45) is 5.92 Å². The molecule has 0 unspecified atom stereocenters. The number of benzene rings is 2. The summed E-state index contributed by atoms with van der Waals surface area (Å²) in [6, 6.07) is 13.1. The molecule has 1 aliphatic rings. The van der Waals surface area contributed by atoms with E-state index in [0.717, 1.165) is 18.5 Å². The van der Waals surface area contributed by atoms with E-state index in [1.54, 1.807) is 16.9 Å². The van der Waals surface area contributed by atoms with Gasteiger partial charge in [-0.15, -0.1) is 10.2 Å². The summed E-state index contributed by atoms with van der Waals surface area (Å²) in [6.45, 7) is 0. The van der Waals surface area contributed by atoms with Crippen LogP contribution >= 0.6 is 11.6 Å². The van der Waals surface area contributed by atoms with Gasteiger partial charge in [-0.05, 0) is 37.1 Å². The van der Waals surface area contributed by atoms with Gasteiger partial charge in [-0.2, -0.15) is 4.80 Å². The van der Waals surface area contributed by atoms with Crippen LogP contribution < -0.4 is 5.32 Å². The summed E-state index contributed by atoms with van der Waals surface area (Å²) in [7, 11) is 0. The molecule has 0 spiro atoms. The van der Waals surface area contributed by atoms with Crippen molar-refractivity contribution in [2.45, 2.75) is 12.8 Å². The first kappa shape index (κ1) is 13.3. The number of carbonyl (C=O) groups is 1. The van der Waals surface area contributed by atoms with Crippen molar-refractivity contribution in [1.29, 1.82) is 0 Å². The molecule has 1 fully saturated rings. The highest BCUT2D eigenvalue weighted by Crippen LogP contribution is 2.32. The molecule has 0 atom stereocenters. The van der Waals surface area contributed by atoms with Crippen molar-refractivity contribution in [3.05, 3.63) is 47.5 Å². The predicted octanol–water partition coefficient (Wildman–Crippen LogP) is 3.42. The van der Waals surface area contributed by atoms with E-state index in [4.69, 9.17) is 11.6 Å². The van der Waals surface area contributed by atoms with Crippen molar-refractivity contribution in [1.82, 2.24) is 15.0 Å². The topological polar surface area (TPSA) is 59.8 Å². The van der Waals surface area contributed by atoms with Crippen LogP contribution in [0.15, 0.2) is 42.5 Å². The van der Waals surface area contributed by atoms with Gasteiger partial charge in [0.05, 0.1) is 16.4 Å². The molecule has 1 amide bonds. The van der Waals surface area contributed by atoms with Crippen LogP contribution in [-0.2, 0) is 4.79 Å². The second kappa shape index (κ2) is 5.10. The normalized spacial score (nSPS) is 14.2. The van der Waals surface area contributed by atoms with Crippen molar-refractivity contribution in [3.63, 3.8) is 0 Å². The zero-order valence-electron chi connectivity index (χ0n) is 11.7. The second-order valence-corrected chi connectivity index (χ2v) is 5.82. The second-order valence-electron chi connectivity index (χ2n) is 5.41. The minimum Gasteiger partial charge on any atom is -0.324 e. The van der Waals surface area contributed by atoms with E-state index in [9.17, 15) is 4.79 Å². The highest BCUT2D eigenvalue weighted by molar-refractivity contribution is 6.34. The molecule has 2 aromatic carbocycles. The van der Waals surface area contributed by atoms with Crippen LogP contribution in [0.5, 0.6) is 0 Å². The third kappa shape index (κ3) is 2.44. The van der Waals surface area contributed by atoms with Gasteiger partial charge in [0, 0.05) is 5.92 Å². The maximum Gasteiger partial charge on any atom is 0.227 e. The van der Waals surface area contributed by atoms with Gasteiger partial charge in [-0.1, -0.05) is 29.8 Å². The molecule has 0 aliphatic heterocycles. The molecule has 4 rings (SSSR count). The number of fused-ring (bicyclic) bond motifs is 1. The Hall–Kier alpha value is -2.40. The molecular weight excluding hydrogens is 300 g/mol. The fraction of sp³-hybridized carbons (Fsp3) is 0.188. The first-order valence-corrected chi connectivity index (χ1v) is 7.51. The standard InChI is InChI=1S/C16H13ClN4O/c17-12-8-14-15(9-13(12)18-16(22)10-6-7-10)20-21(19-14)11-4-2-1-3-5-11/h1-5,8-10H,6-7H2,(H,18,22). The summed E-state index contributed by atoms with van der Waals surface area (Å²) >= 11 is 6.24. The number of nitrogens with zero attached hydrogens (tertiary/aromatic N) is 3. The molecule has 22 heavy (non-hydrogen) atoms. The molecule has 0 bridgehead atoms. The molecule has 1 aliphatic carbocycles. The molecule has 0 saturated heterocycles. The first-order valence-electron chi connectivity index (χ1n) is 7.13. The maximum atomic E-state index is 11.9. The van der Waals surface area contributed by atoms with Gasteiger partial charge in [0.15, 0.2) is 0 Å². The number of hydrogen-bond donors (Lipinski definition) is 1. The van der Waals surface area contributed by atoms with Crippen molar-refractivity contribution in [3.8, 4) is 5.69 Å². The van der Waals surface area contributed by atoms with E-state index in [0.29, 0.717) is 21.7 Å². The number of rotatable bonds is 3. The number of hydrogen-bond acceptors (Lipinski definition) is 3. The number of nitrogens with one attached hydrogen (secondary N) is 1. The van der Waals surface area contributed by atoms with Crippen molar-refractivity contribution < 1.29 is 4.79 Å². The summed E-state index contributed by atoms with van der Waals surface area (Å²) in [6.07, 6.45) is 1.91. The average Bonchev–Trinajstić information content (AvgIpc) is 3.30. The number of para-hydroxylation sites is 1. The van der Waals surface area contributed by atoms with Crippen LogP contribution in [0.2, 0.25) is 5.02 Å². The summed E-state index contributed by atoms with van der Waals surface area (Å²) in [5.41, 5.74) is 2.85. The van der Waals surface area contributed by atoms with Crippen LogP contribution in [0.1, 0.15) is 12.8 Å². The zero-order chi connectivity index (χ0) is 15.1. The molecule has 6 heteroatoms. The third-order valence-electron chi connectivity index (χ3n) is 3.66. The summed E-state index contributed by atoms with van der Waals surface area (Å²) in [5.74, 6) is 0.156. The van der Waals surface area contributed by atoms with Gasteiger partial charge >= 0.3 is 0 Å². The smallest absolute Gasteiger partial charge is 0.227 e. The van der Waals surface area contributed by atoms with E-state index >= 15 is 0 Å². The Labute approximate surface area is 131 Å². The number of aromatic nitrogens is 3. The molecule has 1 aromatic heterocycles. The van der Waals surface area contributed by atoms with E-state index in [1.165, 1.54) is 0 Å². The highest BCUT2D eigenvalue weighted by atomic mass is 35.5. The van der Waals surface area contributed by atoms with Crippen LogP contribution in [0.4, 0.5) is 5.69 Å². The van der Waals surface area contributed by atoms with E-state index in [-0.39, 0.29) is 11.8 Å². The first-order chi connectivity index (χ1) is 10.7. The lowest BCUT2D eigenvalue weighted by Crippen LogP contribution is -2.13. The zero-order valence-corrected chi connectivity index (χ0v) is 12.4. The molecular formula is C16H13ClN4O. The van der Waals surface area contributed by atoms with Crippen LogP contribution in [0.3, 0.4) is 0 Å². The number of carbonyl (C=O) groups excluding carboxylic acids is 1. The summed E-state index contributed by atoms with van der Waals surface area (Å²) in [5, 5.41) is 12.2. The molecule has 1 N–H and O–H groups in total. The molecule has 3 aromatic rings. The van der Waals surface area contributed by atoms with Crippen LogP contribution in [0, 0.1) is 5.92 Å². The number of anilines is 1. The summed E-state index contributed by atoms with van der Waals surface area (Å²) < 4.78 is 0. The quantitative estimate of drug-likeness (QED) is 0.806. The third-order valence-corrected chi connectivity index (χ3v) is 3.97. The monoisotopic (exact) mass is 312 g/mol. The van der Waals surface area contributed by atoms with Gasteiger partial charge < -0.3 is 5.32 Å². The van der Waals surface area contributed by atoms with E-state index in [1.807, 2.05) is 30.3 Å². The van der Waals surface area contributed by atoms with Crippen LogP contribution in [-0.4, -0.2) is 20.9 Å². The Morgan fingerprint density at radius 3 is 2.50 bits per heavy atom. The van der Waals surface area contributed by atoms with Crippen molar-refractivity contribution >= 4 is 34.2 Å². The Bertz CT molecular complexity index is 855. The molecule has 1 heterocycles. The Balaban J connectivity index is 1.72. The Kier molecular flexibility index (Phi) is 3.08. The predicted molar refractivity (Wildman–Crippen MR) is 85.2 cm³/mol. The summed E-state index contributed by atoms with van der Waals surface area (Å²) in [4.78, 5) is 13.4. The van der Waals surface area contributed by atoms with E-state index < -0.39 is 0 Å². The Morgan fingerprint density at radius 1 is 1.14 bits per heavy atom. The van der Waals surface area contributed by atoms with Gasteiger partial charge in [0.25, 0.3) is 0 Å². The lowest BCUT2D eigenvalue weighted by molar-refractivity contribution is -0.117. The molecule has 110 valence electrons. The average molecular weight is 313 g/mol. The fourth-order valence-corrected chi connectivity index (χ4v) is 2.50. The molecule has 1 saturated carbocycles. The van der Waals surface area contributed by atoms with Gasteiger partial charge in [0.2, 0.25) is 5.91 Å². The van der Waals surface area contributed by atoms with Gasteiger partial charge in [-0.25, -0.2) is 0 Å². The van der Waals surface area contributed by atoms with Crippen molar-refractivity contribution in [2.75, 3.05) is 5.32 Å². The maximum absolute atomic E-state index is 11.9. The SMILES string of the molecule is O=C(Nc1cc2nn(-c3ccccc3)nc2cc1Cl)C1CC1. The van der Waals surface area contributed by atoms with Crippen LogP contribution in [0.25, 0.3) is 16.7 Å². The van der Waals surface area contributed by atoms with Gasteiger partial charge in [-0.3, -0.25) is 4.79 Å². The van der Waals surface area contributed by atoms with E-state index in [2.05, 4.69) is 15.5 Å². The molecule has 0 radical (unpaired) electrons. The lowest BCUT2D eigenvalue weighted by Gasteiger charge is -2.05. The number of halogens is 1. The minimum absolute atomic E-state index is 0.0247. The molecule has 5 nitrogen and oxygen atoms in total. The van der Waals surface area contributed by atoms with Gasteiger partial charge in [0.1, 0.15) is 11.0 Å². The fourth-order valence-electron chi connectivity index (χ4n) is 2.29. The number of amides is 1. The largest absolute Gasteiger partial charge is 0.324 e.